The largest absolute Gasteiger partial charge is 0.493 e. The van der Waals surface area contributed by atoms with Gasteiger partial charge >= 0.3 is 0 Å². The summed E-state index contributed by atoms with van der Waals surface area (Å²) in [6, 6.07) is 10.0. The van der Waals surface area contributed by atoms with E-state index in [4.69, 9.17) is 14.0 Å². The highest BCUT2D eigenvalue weighted by Gasteiger charge is 2.20. The monoisotopic (exact) mass is 453 g/mol. The van der Waals surface area contributed by atoms with Crippen LogP contribution in [-0.2, 0) is 6.42 Å². The number of methoxy groups -OCH3 is 2. The van der Waals surface area contributed by atoms with Crippen LogP contribution in [0.1, 0.15) is 28.3 Å². The zero-order chi connectivity index (χ0) is 22.7. The number of nitrogens with one attached hydrogen (secondary N) is 1. The Labute approximate surface area is 191 Å². The molecule has 8 nitrogen and oxygen atoms in total. The average Bonchev–Trinajstić information content (AvgIpc) is 3.35. The zero-order valence-corrected chi connectivity index (χ0v) is 19.7. The Hall–Kier alpha value is -3.20. The van der Waals surface area contributed by atoms with Crippen molar-refractivity contribution < 1.29 is 14.0 Å². The summed E-state index contributed by atoms with van der Waals surface area (Å²) in [5.41, 5.74) is 8.53. The Balaban J connectivity index is 1.42. The van der Waals surface area contributed by atoms with E-state index in [1.165, 1.54) is 0 Å². The van der Waals surface area contributed by atoms with Gasteiger partial charge in [-0.15, -0.1) is 0 Å². The van der Waals surface area contributed by atoms with Gasteiger partial charge in [-0.25, -0.2) is 0 Å². The first-order valence-corrected chi connectivity index (χ1v) is 11.3. The number of aliphatic imine (C=N–C) groups is 1. The summed E-state index contributed by atoms with van der Waals surface area (Å²) < 4.78 is 18.0. The van der Waals surface area contributed by atoms with Crippen LogP contribution in [0.3, 0.4) is 0 Å². The smallest absolute Gasteiger partial charge is 0.180 e. The molecule has 0 atom stereocenters. The lowest BCUT2D eigenvalue weighted by Gasteiger charge is -2.15. The number of amidine groups is 1. The van der Waals surface area contributed by atoms with Crippen molar-refractivity contribution in [3.63, 3.8) is 0 Å². The van der Waals surface area contributed by atoms with Crippen LogP contribution >= 0.6 is 11.8 Å². The van der Waals surface area contributed by atoms with Gasteiger partial charge in [0, 0.05) is 35.3 Å². The topological polar surface area (TPSA) is 86.2 Å². The van der Waals surface area contributed by atoms with Crippen molar-refractivity contribution in [2.24, 2.45) is 10.1 Å². The molecule has 1 N–H and O–H groups in total. The molecule has 0 amide bonds. The average molecular weight is 454 g/mol. The van der Waals surface area contributed by atoms with Crippen LogP contribution in [-0.4, -0.2) is 47.1 Å². The molecule has 3 aromatic rings. The van der Waals surface area contributed by atoms with Crippen molar-refractivity contribution in [3.8, 4) is 17.3 Å². The van der Waals surface area contributed by atoms with Crippen LogP contribution in [0.5, 0.6) is 11.5 Å². The fraction of sp³-hybridized carbons (Fsp3) is 0.348. The number of benzene rings is 1. The third-order valence-electron chi connectivity index (χ3n) is 5.32. The van der Waals surface area contributed by atoms with Crippen molar-refractivity contribution in [2.45, 2.75) is 27.2 Å². The summed E-state index contributed by atoms with van der Waals surface area (Å²) in [6.07, 6.45) is 0.806. The number of hydrogen-bond donors (Lipinski definition) is 1. The molecular formula is C23H27N5O3S. The van der Waals surface area contributed by atoms with Crippen LogP contribution in [0.15, 0.2) is 44.9 Å². The number of aryl methyl sites for hydroxylation is 2. The number of hydrogen-bond acceptors (Lipinski definition) is 7. The minimum Gasteiger partial charge on any atom is -0.493 e. The molecule has 0 aliphatic carbocycles. The Bertz CT molecular complexity index is 1180. The molecule has 1 aliphatic rings. The van der Waals surface area contributed by atoms with Crippen molar-refractivity contribution >= 4 is 22.6 Å². The Morgan fingerprint density at radius 1 is 1.12 bits per heavy atom. The number of ether oxygens (including phenoxy) is 2. The van der Waals surface area contributed by atoms with Gasteiger partial charge in [0.05, 0.1) is 19.9 Å². The fourth-order valence-electron chi connectivity index (χ4n) is 3.72. The maximum atomic E-state index is 5.37. The first-order valence-electron chi connectivity index (χ1n) is 10.3. The van der Waals surface area contributed by atoms with Crippen LogP contribution < -0.4 is 14.9 Å². The van der Waals surface area contributed by atoms with Gasteiger partial charge in [0.25, 0.3) is 0 Å². The van der Waals surface area contributed by atoms with Gasteiger partial charge in [0.2, 0.25) is 0 Å². The minimum absolute atomic E-state index is 0.662. The van der Waals surface area contributed by atoms with E-state index in [-0.39, 0.29) is 0 Å². The predicted molar refractivity (Wildman–Crippen MR) is 128 cm³/mol. The summed E-state index contributed by atoms with van der Waals surface area (Å²) in [5.74, 6) is 3.79. The highest BCUT2D eigenvalue weighted by atomic mass is 32.2. The number of aromatic nitrogens is 2. The molecule has 0 saturated carbocycles. The number of thioether (sulfide) groups is 1. The van der Waals surface area contributed by atoms with Gasteiger partial charge in [-0.2, -0.15) is 5.10 Å². The maximum absolute atomic E-state index is 5.37. The molecule has 32 heavy (non-hydrogen) atoms. The van der Waals surface area contributed by atoms with Gasteiger partial charge in [-0.05, 0) is 51.0 Å². The summed E-state index contributed by atoms with van der Waals surface area (Å²) in [5, 5.41) is 9.57. The van der Waals surface area contributed by atoms with Gasteiger partial charge in [0.1, 0.15) is 5.76 Å². The molecule has 0 unspecified atom stereocenters. The Morgan fingerprint density at radius 2 is 1.94 bits per heavy atom. The van der Waals surface area contributed by atoms with Crippen molar-refractivity contribution in [1.82, 2.24) is 15.1 Å². The van der Waals surface area contributed by atoms with E-state index in [1.54, 1.807) is 26.0 Å². The lowest BCUT2D eigenvalue weighted by atomic mass is 10.1. The van der Waals surface area contributed by atoms with Crippen molar-refractivity contribution in [2.75, 3.05) is 26.5 Å². The molecule has 0 spiro atoms. The van der Waals surface area contributed by atoms with E-state index in [2.05, 4.69) is 45.2 Å². The molecule has 0 fully saturated rings. The Kier molecular flexibility index (Phi) is 6.55. The van der Waals surface area contributed by atoms with Crippen LogP contribution in [0.4, 0.5) is 0 Å². The second-order valence-corrected chi connectivity index (χ2v) is 8.47. The first-order chi connectivity index (χ1) is 15.5. The van der Waals surface area contributed by atoms with Crippen molar-refractivity contribution in [1.29, 1.82) is 0 Å². The quantitative estimate of drug-likeness (QED) is 0.581. The molecular weight excluding hydrogens is 426 g/mol. The van der Waals surface area contributed by atoms with Crippen LogP contribution in [0.25, 0.3) is 5.82 Å². The molecule has 1 aromatic carbocycles. The second kappa shape index (κ2) is 9.52. The van der Waals surface area contributed by atoms with E-state index >= 15 is 0 Å². The zero-order valence-electron chi connectivity index (χ0n) is 18.9. The van der Waals surface area contributed by atoms with E-state index < -0.39 is 0 Å². The van der Waals surface area contributed by atoms with E-state index in [0.29, 0.717) is 6.54 Å². The number of nitrogens with zero attached hydrogens (tertiary/aromatic N) is 4. The summed E-state index contributed by atoms with van der Waals surface area (Å²) in [4.78, 5) is 4.66. The molecule has 9 heteroatoms. The molecule has 1 aliphatic heterocycles. The predicted octanol–water partition coefficient (Wildman–Crippen LogP) is 4.05. The molecule has 4 rings (SSSR count). The summed E-state index contributed by atoms with van der Waals surface area (Å²) in [6.45, 7) is 6.69. The second-order valence-electron chi connectivity index (χ2n) is 7.50. The number of hydrazone groups is 1. The highest BCUT2D eigenvalue weighted by molar-refractivity contribution is 8.14. The minimum atomic E-state index is 0.662. The van der Waals surface area contributed by atoms with Gasteiger partial charge in [0.15, 0.2) is 22.5 Å². The van der Waals surface area contributed by atoms with Crippen molar-refractivity contribution in [3.05, 3.63) is 58.6 Å². The lowest BCUT2D eigenvalue weighted by Crippen LogP contribution is -2.26. The van der Waals surface area contributed by atoms with Gasteiger partial charge in [-0.1, -0.05) is 23.0 Å². The molecule has 0 bridgehead atoms. The van der Waals surface area contributed by atoms with Gasteiger partial charge in [-0.3, -0.25) is 15.0 Å². The SMILES string of the molecule is COc1ccc(CCN=C2NN=C(c3cc(C)n(-c4cc(C)on4)c3C)CS2)cc1OC. The molecule has 168 valence electrons. The molecule has 2 aromatic heterocycles. The fourth-order valence-corrected chi connectivity index (χ4v) is 4.51. The molecule has 0 radical (unpaired) electrons. The van der Waals surface area contributed by atoms with E-state index in [0.717, 1.165) is 68.6 Å². The molecule has 3 heterocycles. The summed E-state index contributed by atoms with van der Waals surface area (Å²) >= 11 is 1.66. The lowest BCUT2D eigenvalue weighted by molar-refractivity contribution is 0.354. The normalized spacial score (nSPS) is 14.9. The third kappa shape index (κ3) is 4.52. The van der Waals surface area contributed by atoms with Crippen LogP contribution in [0.2, 0.25) is 0 Å². The highest BCUT2D eigenvalue weighted by Crippen LogP contribution is 2.28. The van der Waals surface area contributed by atoms with E-state index in [9.17, 15) is 0 Å². The van der Waals surface area contributed by atoms with E-state index in [1.807, 2.05) is 31.2 Å². The maximum Gasteiger partial charge on any atom is 0.180 e. The standard InChI is InChI=1S/C23H27N5O3S/c1-14-10-18(16(3)28(14)22-11-15(2)31-27-22)19-13-32-23(26-25-19)24-9-8-17-6-7-20(29-4)21(12-17)30-5/h6-7,10-12H,8-9,13H2,1-5H3,(H,24,26). The summed E-state index contributed by atoms with van der Waals surface area (Å²) in [7, 11) is 3.28. The van der Waals surface area contributed by atoms with Gasteiger partial charge < -0.3 is 14.0 Å². The Morgan fingerprint density at radius 3 is 2.59 bits per heavy atom. The first kappa shape index (κ1) is 22.0. The third-order valence-corrected chi connectivity index (χ3v) is 6.23. The number of rotatable bonds is 7. The van der Waals surface area contributed by atoms with Crippen LogP contribution in [0, 0.1) is 20.8 Å². The molecule has 0 saturated heterocycles.